The lowest BCUT2D eigenvalue weighted by Gasteiger charge is -2.53. The fourth-order valence-electron chi connectivity index (χ4n) is 8.94. The molecule has 4 aliphatic heterocycles. The van der Waals surface area contributed by atoms with Crippen molar-refractivity contribution in [3.8, 4) is 5.75 Å². The zero-order valence-corrected chi connectivity index (χ0v) is 34.8. The van der Waals surface area contributed by atoms with Gasteiger partial charge < -0.3 is 19.1 Å². The molecule has 0 unspecified atom stereocenters. The van der Waals surface area contributed by atoms with E-state index in [2.05, 4.69) is 45.4 Å². The molecule has 4 heterocycles. The summed E-state index contributed by atoms with van der Waals surface area (Å²) in [5.41, 5.74) is 2.88. The van der Waals surface area contributed by atoms with Crippen LogP contribution in [0, 0.1) is 23.7 Å². The monoisotopic (exact) mass is 796 g/mol. The molecule has 55 heavy (non-hydrogen) atoms. The van der Waals surface area contributed by atoms with Crippen molar-refractivity contribution < 1.29 is 27.4 Å². The Morgan fingerprint density at radius 2 is 1.80 bits per heavy atom. The highest BCUT2D eigenvalue weighted by atomic mass is 35.5. The number of carbonyl (C=O) groups is 1. The number of halogens is 1. The molecule has 10 nitrogen and oxygen atoms in total. The van der Waals surface area contributed by atoms with Gasteiger partial charge in [-0.2, -0.15) is 0 Å². The average Bonchev–Trinajstić information content (AvgIpc) is 3.14. The molecule has 1 saturated carbocycles. The zero-order chi connectivity index (χ0) is 38.7. The van der Waals surface area contributed by atoms with Gasteiger partial charge in [0.1, 0.15) is 18.0 Å². The lowest BCUT2D eigenvalue weighted by Crippen LogP contribution is -2.61. The third-order valence-electron chi connectivity index (χ3n) is 12.9. The molecule has 1 aliphatic carbocycles. The van der Waals surface area contributed by atoms with E-state index < -0.39 is 26.8 Å². The molecule has 0 spiro atoms. The number of nitrogens with one attached hydrogen (secondary N) is 1. The molecule has 302 valence electrons. The fourth-order valence-corrected chi connectivity index (χ4v) is 10.4. The molecule has 5 atom stereocenters. The van der Waals surface area contributed by atoms with E-state index in [4.69, 9.17) is 25.8 Å². The Hall–Kier alpha value is -2.67. The van der Waals surface area contributed by atoms with Crippen molar-refractivity contribution in [1.29, 1.82) is 0 Å². The van der Waals surface area contributed by atoms with Gasteiger partial charge >= 0.3 is 0 Å². The number of nitrogens with zero attached hydrogens (tertiary/aromatic N) is 3. The first-order chi connectivity index (χ1) is 26.4. The van der Waals surface area contributed by atoms with Gasteiger partial charge in [-0.3, -0.25) is 14.6 Å². The van der Waals surface area contributed by atoms with Crippen LogP contribution in [0.15, 0.2) is 48.6 Å². The van der Waals surface area contributed by atoms with E-state index in [1.807, 2.05) is 37.3 Å². The number of benzene rings is 2. The summed E-state index contributed by atoms with van der Waals surface area (Å²) >= 11 is 6.43. The summed E-state index contributed by atoms with van der Waals surface area (Å²) in [7, 11) is -3.97. The molecule has 5 aliphatic rings. The molecule has 2 bridgehead atoms. The summed E-state index contributed by atoms with van der Waals surface area (Å²) in [4.78, 5) is 21.2. The van der Waals surface area contributed by atoms with E-state index in [0.29, 0.717) is 48.8 Å². The number of fused-ring (bicyclic) bond motifs is 3. The van der Waals surface area contributed by atoms with Crippen LogP contribution in [0.3, 0.4) is 0 Å². The summed E-state index contributed by atoms with van der Waals surface area (Å²) in [6, 6.07) is 11.9. The maximum atomic E-state index is 13.7. The van der Waals surface area contributed by atoms with Crippen LogP contribution in [0.4, 0.5) is 5.69 Å². The van der Waals surface area contributed by atoms with Crippen molar-refractivity contribution in [3.05, 3.63) is 70.3 Å². The van der Waals surface area contributed by atoms with Gasteiger partial charge in [-0.05, 0) is 111 Å². The van der Waals surface area contributed by atoms with Crippen LogP contribution in [-0.2, 0) is 32.5 Å². The number of anilines is 1. The van der Waals surface area contributed by atoms with Gasteiger partial charge in [0.15, 0.2) is 0 Å². The minimum absolute atomic E-state index is 0.225. The molecular weight excluding hydrogens is 736 g/mol. The minimum atomic E-state index is -3.97. The maximum Gasteiger partial charge on any atom is 0.264 e. The molecular formula is C43H61ClN4O6S. The third kappa shape index (κ3) is 9.39. The first-order valence-electron chi connectivity index (χ1n) is 20.6. The molecule has 0 radical (unpaired) electrons. The van der Waals surface area contributed by atoms with E-state index in [1.165, 1.54) is 5.56 Å². The summed E-state index contributed by atoms with van der Waals surface area (Å²) in [6.07, 6.45) is 10.0. The summed E-state index contributed by atoms with van der Waals surface area (Å²) in [6.45, 7) is 17.1. The largest absolute Gasteiger partial charge is 0.487 e. The third-order valence-corrected chi connectivity index (χ3v) is 15.0. The molecule has 1 N–H and O–H groups in total. The lowest BCUT2D eigenvalue weighted by molar-refractivity contribution is -0.127. The van der Waals surface area contributed by atoms with Crippen LogP contribution >= 0.6 is 11.6 Å². The molecule has 0 aromatic heterocycles. The Bertz CT molecular complexity index is 1790. The van der Waals surface area contributed by atoms with E-state index >= 15 is 0 Å². The van der Waals surface area contributed by atoms with Crippen LogP contribution in [-0.4, -0.2) is 107 Å². The van der Waals surface area contributed by atoms with Gasteiger partial charge in [-0.25, -0.2) is 13.1 Å². The van der Waals surface area contributed by atoms with Crippen molar-refractivity contribution >= 4 is 33.2 Å². The number of carbonyl (C=O) groups excluding carboxylic acids is 1. The van der Waals surface area contributed by atoms with Gasteiger partial charge in [0.25, 0.3) is 5.91 Å². The van der Waals surface area contributed by atoms with E-state index in [1.54, 1.807) is 13.0 Å². The van der Waals surface area contributed by atoms with Crippen molar-refractivity contribution in [2.75, 3.05) is 70.5 Å². The Balaban J connectivity index is 1.26. The van der Waals surface area contributed by atoms with Gasteiger partial charge in [0.2, 0.25) is 10.0 Å². The maximum absolute atomic E-state index is 13.7. The number of rotatable bonds is 6. The summed E-state index contributed by atoms with van der Waals surface area (Å²) in [5.74, 6) is 0.813. The van der Waals surface area contributed by atoms with Crippen molar-refractivity contribution in [2.45, 2.75) is 89.7 Å². The summed E-state index contributed by atoms with van der Waals surface area (Å²) < 4.78 is 49.1. The fraction of sp³-hybridized carbons (Fsp3) is 0.651. The SMILES string of the molecule is CC(C)CO[C@]1(CN2CCN(C3COC3)CC2)/C=C/C[C@H](C)[C@@H](C)S(=O)(=O)NC(=O)c2ccc3c(c2)N(CCCCc2cc(Cl)ccc2CO3)C[C@@H]2CC[C@H]21. The highest BCUT2D eigenvalue weighted by Gasteiger charge is 2.49. The van der Waals surface area contributed by atoms with Gasteiger partial charge in [-0.15, -0.1) is 0 Å². The van der Waals surface area contributed by atoms with E-state index in [9.17, 15) is 13.2 Å². The van der Waals surface area contributed by atoms with Crippen molar-refractivity contribution in [1.82, 2.24) is 14.5 Å². The van der Waals surface area contributed by atoms with Crippen LogP contribution in [0.25, 0.3) is 0 Å². The minimum Gasteiger partial charge on any atom is -0.487 e. The van der Waals surface area contributed by atoms with Crippen LogP contribution in [0.2, 0.25) is 5.02 Å². The first kappa shape index (κ1) is 40.5. The molecule has 2 aromatic rings. The number of ether oxygens (including phenoxy) is 3. The standard InChI is InChI=1S/C43H61ClN4O6S/c1-30(2)25-54-43(29-46-18-20-47(21-19-46)38-27-52-28-38)16-7-8-31(3)32(4)55(50,51)45-42(49)34-12-15-41-40(23-34)48(24-35-11-14-39(35)43)17-6-5-9-33-22-37(44)13-10-36(33)26-53-41/h7,10,12-13,15-16,22-23,30-32,35,38-39H,5-6,8-9,11,14,17-21,24-29H2,1-4H3,(H,45,49)/b16-7+/t31-,32+,35-,39+,43-/m0/s1. The lowest BCUT2D eigenvalue weighted by atomic mass is 9.63. The Morgan fingerprint density at radius 1 is 1.00 bits per heavy atom. The normalized spacial score (nSPS) is 30.4. The van der Waals surface area contributed by atoms with Crippen molar-refractivity contribution in [3.63, 3.8) is 0 Å². The van der Waals surface area contributed by atoms with E-state index in [0.717, 1.165) is 107 Å². The predicted octanol–water partition coefficient (Wildman–Crippen LogP) is 6.56. The van der Waals surface area contributed by atoms with E-state index in [-0.39, 0.29) is 11.8 Å². The van der Waals surface area contributed by atoms with Crippen molar-refractivity contribution in [2.24, 2.45) is 23.7 Å². The predicted molar refractivity (Wildman–Crippen MR) is 219 cm³/mol. The molecule has 2 saturated heterocycles. The molecule has 12 heteroatoms. The second kappa shape index (κ2) is 17.4. The molecule has 2 aromatic carbocycles. The molecule has 1 amide bonds. The number of allylic oxidation sites excluding steroid dienone is 1. The average molecular weight is 798 g/mol. The Labute approximate surface area is 333 Å². The van der Waals surface area contributed by atoms with Gasteiger partial charge in [0, 0.05) is 56.4 Å². The van der Waals surface area contributed by atoms with Gasteiger partial charge in [-0.1, -0.05) is 50.6 Å². The van der Waals surface area contributed by atoms with Crippen LogP contribution < -0.4 is 14.4 Å². The van der Waals surface area contributed by atoms with Gasteiger partial charge in [0.05, 0.1) is 36.8 Å². The highest BCUT2D eigenvalue weighted by molar-refractivity contribution is 7.90. The molecule has 3 fully saturated rings. The molecule has 7 rings (SSSR count). The Kier molecular flexibility index (Phi) is 12.9. The number of piperazine rings is 1. The summed E-state index contributed by atoms with van der Waals surface area (Å²) in [5, 5.41) is -0.0641. The smallest absolute Gasteiger partial charge is 0.264 e. The first-order valence-corrected chi connectivity index (χ1v) is 22.5. The van der Waals surface area contributed by atoms with Crippen LogP contribution in [0.5, 0.6) is 5.75 Å². The zero-order valence-electron chi connectivity index (χ0n) is 33.2. The number of sulfonamides is 1. The number of amides is 1. The number of hydrogen-bond donors (Lipinski definition) is 1. The van der Waals surface area contributed by atoms with Crippen LogP contribution in [0.1, 0.15) is 81.3 Å². The Morgan fingerprint density at radius 3 is 2.51 bits per heavy atom. The highest BCUT2D eigenvalue weighted by Crippen LogP contribution is 2.47. The number of hydrogen-bond acceptors (Lipinski definition) is 9. The number of aryl methyl sites for hydroxylation is 1. The topological polar surface area (TPSA) is 101 Å². The second-order valence-electron chi connectivity index (χ2n) is 17.2. The quantitative estimate of drug-likeness (QED) is 0.326. The second-order valence-corrected chi connectivity index (χ2v) is 19.7.